The lowest BCUT2D eigenvalue weighted by atomic mass is 10.1. The number of methoxy groups -OCH3 is 1. The van der Waals surface area contributed by atoms with Crippen molar-refractivity contribution in [1.82, 2.24) is 10.2 Å². The maximum Gasteiger partial charge on any atom is 0.0698 e. The molecule has 0 aromatic rings. The highest BCUT2D eigenvalue weighted by Gasteiger charge is 2.26. The molecule has 0 aromatic carbocycles. The second kappa shape index (κ2) is 5.25. The van der Waals surface area contributed by atoms with Crippen molar-refractivity contribution in [2.45, 2.75) is 37.5 Å². The van der Waals surface area contributed by atoms with Crippen molar-refractivity contribution in [3.63, 3.8) is 0 Å². The van der Waals surface area contributed by atoms with Gasteiger partial charge in [-0.3, -0.25) is 4.90 Å². The van der Waals surface area contributed by atoms with Crippen LogP contribution in [-0.2, 0) is 4.74 Å². The number of hydrogen-bond donors (Lipinski definition) is 2. The molecule has 2 aliphatic rings. The zero-order chi connectivity index (χ0) is 10.7. The summed E-state index contributed by atoms with van der Waals surface area (Å²) in [4.78, 5) is 2.45. The van der Waals surface area contributed by atoms with Crippen LogP contribution in [-0.4, -0.2) is 61.5 Å². The fourth-order valence-electron chi connectivity index (χ4n) is 2.62. The SMILES string of the molecule is COC1CCCN(CC2CC(O)CN2)C1. The Morgan fingerprint density at radius 1 is 1.53 bits per heavy atom. The molecule has 2 fully saturated rings. The lowest BCUT2D eigenvalue weighted by molar-refractivity contribution is 0.0284. The Labute approximate surface area is 91.6 Å². The van der Waals surface area contributed by atoms with Crippen LogP contribution < -0.4 is 5.32 Å². The zero-order valence-electron chi connectivity index (χ0n) is 9.48. The van der Waals surface area contributed by atoms with Crippen LogP contribution in [0.1, 0.15) is 19.3 Å². The van der Waals surface area contributed by atoms with Gasteiger partial charge < -0.3 is 15.2 Å². The first-order valence-corrected chi connectivity index (χ1v) is 5.94. The van der Waals surface area contributed by atoms with Gasteiger partial charge >= 0.3 is 0 Å². The number of likely N-dealkylation sites (tertiary alicyclic amines) is 1. The van der Waals surface area contributed by atoms with Gasteiger partial charge in [-0.15, -0.1) is 0 Å². The van der Waals surface area contributed by atoms with Gasteiger partial charge in [-0.25, -0.2) is 0 Å². The van der Waals surface area contributed by atoms with Gasteiger partial charge in [0.15, 0.2) is 0 Å². The quantitative estimate of drug-likeness (QED) is 0.684. The number of hydrogen-bond acceptors (Lipinski definition) is 4. The highest BCUT2D eigenvalue weighted by Crippen LogP contribution is 2.15. The lowest BCUT2D eigenvalue weighted by Crippen LogP contribution is -2.45. The molecule has 0 radical (unpaired) electrons. The van der Waals surface area contributed by atoms with E-state index in [1.807, 2.05) is 0 Å². The van der Waals surface area contributed by atoms with Crippen molar-refractivity contribution in [1.29, 1.82) is 0 Å². The van der Waals surface area contributed by atoms with Crippen LogP contribution in [0.5, 0.6) is 0 Å². The summed E-state index contributed by atoms with van der Waals surface area (Å²) >= 11 is 0. The molecule has 15 heavy (non-hydrogen) atoms. The molecule has 2 aliphatic heterocycles. The van der Waals surface area contributed by atoms with Crippen LogP contribution in [0, 0.1) is 0 Å². The van der Waals surface area contributed by atoms with Crippen molar-refractivity contribution < 1.29 is 9.84 Å². The van der Waals surface area contributed by atoms with E-state index in [0.717, 1.165) is 26.1 Å². The molecule has 0 bridgehead atoms. The van der Waals surface area contributed by atoms with Crippen molar-refractivity contribution in [2.75, 3.05) is 33.3 Å². The van der Waals surface area contributed by atoms with E-state index < -0.39 is 0 Å². The first-order valence-electron chi connectivity index (χ1n) is 5.94. The molecule has 4 nitrogen and oxygen atoms in total. The summed E-state index contributed by atoms with van der Waals surface area (Å²) in [5.41, 5.74) is 0. The molecule has 2 saturated heterocycles. The Bertz CT molecular complexity index is 201. The van der Waals surface area contributed by atoms with Crippen LogP contribution in [0.4, 0.5) is 0 Å². The molecular formula is C11H22N2O2. The predicted molar refractivity (Wildman–Crippen MR) is 58.9 cm³/mol. The summed E-state index contributed by atoms with van der Waals surface area (Å²) in [5, 5.41) is 12.8. The van der Waals surface area contributed by atoms with Crippen LogP contribution in [0.3, 0.4) is 0 Å². The maximum atomic E-state index is 9.42. The minimum atomic E-state index is -0.141. The van der Waals surface area contributed by atoms with E-state index in [4.69, 9.17) is 4.74 Å². The molecule has 2 N–H and O–H groups in total. The van der Waals surface area contributed by atoms with Crippen LogP contribution >= 0.6 is 0 Å². The van der Waals surface area contributed by atoms with Gasteiger partial charge in [-0.2, -0.15) is 0 Å². The number of rotatable bonds is 3. The summed E-state index contributed by atoms with van der Waals surface area (Å²) < 4.78 is 5.40. The normalized spacial score (nSPS) is 38.4. The Morgan fingerprint density at radius 2 is 2.40 bits per heavy atom. The van der Waals surface area contributed by atoms with Crippen molar-refractivity contribution in [3.8, 4) is 0 Å². The molecule has 3 atom stereocenters. The van der Waals surface area contributed by atoms with Gasteiger partial charge in [0, 0.05) is 32.8 Å². The smallest absolute Gasteiger partial charge is 0.0698 e. The first kappa shape index (κ1) is 11.3. The summed E-state index contributed by atoms with van der Waals surface area (Å²) in [6.45, 7) is 4.03. The zero-order valence-corrected chi connectivity index (χ0v) is 9.48. The topological polar surface area (TPSA) is 44.7 Å². The van der Waals surface area contributed by atoms with Crippen LogP contribution in [0.2, 0.25) is 0 Å². The Kier molecular flexibility index (Phi) is 3.97. The molecular weight excluding hydrogens is 192 g/mol. The Hall–Kier alpha value is -0.160. The maximum absolute atomic E-state index is 9.42. The third-order valence-corrected chi connectivity index (χ3v) is 3.47. The van der Waals surface area contributed by atoms with Crippen molar-refractivity contribution in [3.05, 3.63) is 0 Å². The summed E-state index contributed by atoms with van der Waals surface area (Å²) in [6, 6.07) is 0.468. The van der Waals surface area contributed by atoms with Crippen molar-refractivity contribution >= 4 is 0 Å². The fraction of sp³-hybridized carbons (Fsp3) is 1.00. The molecule has 0 aromatic heterocycles. The van der Waals surface area contributed by atoms with E-state index >= 15 is 0 Å². The van der Waals surface area contributed by atoms with E-state index in [0.29, 0.717) is 12.1 Å². The summed E-state index contributed by atoms with van der Waals surface area (Å²) in [6.07, 6.45) is 3.58. The van der Waals surface area contributed by atoms with Gasteiger partial charge in [0.1, 0.15) is 0 Å². The minimum Gasteiger partial charge on any atom is -0.392 e. The molecule has 4 heteroatoms. The largest absolute Gasteiger partial charge is 0.392 e. The van der Waals surface area contributed by atoms with Gasteiger partial charge in [-0.05, 0) is 25.8 Å². The molecule has 2 rings (SSSR count). The number of nitrogens with one attached hydrogen (secondary N) is 1. The van der Waals surface area contributed by atoms with Gasteiger partial charge in [0.25, 0.3) is 0 Å². The number of β-amino-alcohol motifs (C(OH)–C–C–N with tert-alkyl or cyclic N) is 1. The number of piperidine rings is 1. The third-order valence-electron chi connectivity index (χ3n) is 3.47. The van der Waals surface area contributed by atoms with Gasteiger partial charge in [-0.1, -0.05) is 0 Å². The average molecular weight is 214 g/mol. The Morgan fingerprint density at radius 3 is 3.07 bits per heavy atom. The number of ether oxygens (including phenoxy) is 1. The molecule has 0 amide bonds. The molecule has 88 valence electrons. The van der Waals surface area contributed by atoms with E-state index in [1.165, 1.54) is 19.4 Å². The van der Waals surface area contributed by atoms with Gasteiger partial charge in [0.2, 0.25) is 0 Å². The molecule has 0 aliphatic carbocycles. The molecule has 2 heterocycles. The van der Waals surface area contributed by atoms with E-state index in [-0.39, 0.29) is 6.10 Å². The molecule has 3 unspecified atom stereocenters. The second-order valence-electron chi connectivity index (χ2n) is 4.75. The summed E-state index contributed by atoms with van der Waals surface area (Å²) in [7, 11) is 1.80. The summed E-state index contributed by atoms with van der Waals surface area (Å²) in [5.74, 6) is 0. The van der Waals surface area contributed by atoms with E-state index in [9.17, 15) is 5.11 Å². The highest BCUT2D eigenvalue weighted by molar-refractivity contribution is 4.85. The van der Waals surface area contributed by atoms with Crippen molar-refractivity contribution in [2.24, 2.45) is 0 Å². The van der Waals surface area contributed by atoms with Crippen LogP contribution in [0.25, 0.3) is 0 Å². The monoisotopic (exact) mass is 214 g/mol. The van der Waals surface area contributed by atoms with Gasteiger partial charge in [0.05, 0.1) is 12.2 Å². The number of nitrogens with zero attached hydrogens (tertiary/aromatic N) is 1. The number of aliphatic hydroxyl groups excluding tert-OH is 1. The average Bonchev–Trinajstić information content (AvgIpc) is 2.64. The third kappa shape index (κ3) is 3.14. The minimum absolute atomic E-state index is 0.141. The standard InChI is InChI=1S/C11H22N2O2/c1-15-11-3-2-4-13(8-11)7-9-5-10(14)6-12-9/h9-12,14H,2-8H2,1H3. The van der Waals surface area contributed by atoms with Crippen LogP contribution in [0.15, 0.2) is 0 Å². The van der Waals surface area contributed by atoms with E-state index in [2.05, 4.69) is 10.2 Å². The fourth-order valence-corrected chi connectivity index (χ4v) is 2.62. The lowest BCUT2D eigenvalue weighted by Gasteiger charge is -2.33. The highest BCUT2D eigenvalue weighted by atomic mass is 16.5. The predicted octanol–water partition coefficient (Wildman–Crippen LogP) is -0.180. The molecule has 0 spiro atoms. The number of aliphatic hydroxyl groups is 1. The molecule has 0 saturated carbocycles. The second-order valence-corrected chi connectivity index (χ2v) is 4.75. The first-order chi connectivity index (χ1) is 7.28. The van der Waals surface area contributed by atoms with E-state index in [1.54, 1.807) is 7.11 Å². The Balaban J connectivity index is 1.74.